The molecule has 1 aromatic heterocycles. The Morgan fingerprint density at radius 1 is 1.38 bits per heavy atom. The van der Waals surface area contributed by atoms with E-state index in [0.717, 1.165) is 12.8 Å². The van der Waals surface area contributed by atoms with Crippen LogP contribution in [0.2, 0.25) is 10.0 Å². The van der Waals surface area contributed by atoms with E-state index >= 15 is 0 Å². The minimum atomic E-state index is -0.156. The van der Waals surface area contributed by atoms with Gasteiger partial charge in [0.05, 0.1) is 5.02 Å². The van der Waals surface area contributed by atoms with Crippen molar-refractivity contribution in [3.05, 3.63) is 46.2 Å². The van der Waals surface area contributed by atoms with Crippen molar-refractivity contribution in [3.63, 3.8) is 0 Å². The standard InChI is InChI=1S/C14H13Cl2N3O2/c15-10-2-1-3-12(13(10)16)21-8-19-7-6-11(18-19)14(20)17-9-4-5-9/h1-3,6-7,9H,4-5,8H2,(H,17,20). The number of benzene rings is 1. The van der Waals surface area contributed by atoms with Gasteiger partial charge in [-0.25, -0.2) is 4.68 Å². The summed E-state index contributed by atoms with van der Waals surface area (Å²) in [5.74, 6) is 0.320. The van der Waals surface area contributed by atoms with Gasteiger partial charge in [-0.05, 0) is 31.0 Å². The van der Waals surface area contributed by atoms with E-state index in [1.54, 1.807) is 30.5 Å². The molecule has 5 nitrogen and oxygen atoms in total. The Balaban J connectivity index is 1.61. The fourth-order valence-corrected chi connectivity index (χ4v) is 2.12. The molecular formula is C14H13Cl2N3O2. The molecule has 0 atom stereocenters. The number of rotatable bonds is 5. The van der Waals surface area contributed by atoms with Crippen molar-refractivity contribution in [2.45, 2.75) is 25.6 Å². The molecule has 110 valence electrons. The number of amides is 1. The number of carbonyl (C=O) groups excluding carboxylic acids is 1. The minimum absolute atomic E-state index is 0.150. The smallest absolute Gasteiger partial charge is 0.271 e. The maximum absolute atomic E-state index is 11.8. The minimum Gasteiger partial charge on any atom is -0.470 e. The van der Waals surface area contributed by atoms with Crippen molar-refractivity contribution in [2.75, 3.05) is 0 Å². The van der Waals surface area contributed by atoms with Gasteiger partial charge in [-0.3, -0.25) is 4.79 Å². The van der Waals surface area contributed by atoms with Crippen LogP contribution in [0.4, 0.5) is 0 Å². The molecule has 2 aromatic rings. The van der Waals surface area contributed by atoms with Crippen molar-refractivity contribution in [1.82, 2.24) is 15.1 Å². The summed E-state index contributed by atoms with van der Waals surface area (Å²) < 4.78 is 7.07. The maximum Gasteiger partial charge on any atom is 0.271 e. The molecular weight excluding hydrogens is 313 g/mol. The Labute approximate surface area is 131 Å². The third-order valence-electron chi connectivity index (χ3n) is 3.05. The average molecular weight is 326 g/mol. The van der Waals surface area contributed by atoms with Crippen LogP contribution in [-0.4, -0.2) is 21.7 Å². The van der Waals surface area contributed by atoms with Crippen molar-refractivity contribution in [1.29, 1.82) is 0 Å². The number of nitrogens with one attached hydrogen (secondary N) is 1. The molecule has 1 amide bonds. The van der Waals surface area contributed by atoms with Crippen molar-refractivity contribution in [3.8, 4) is 5.75 Å². The zero-order chi connectivity index (χ0) is 14.8. The summed E-state index contributed by atoms with van der Waals surface area (Å²) in [5.41, 5.74) is 0.377. The first kappa shape index (κ1) is 14.2. The third kappa shape index (κ3) is 3.49. The molecule has 0 bridgehead atoms. The Morgan fingerprint density at radius 2 is 2.19 bits per heavy atom. The van der Waals surface area contributed by atoms with Gasteiger partial charge >= 0.3 is 0 Å². The Kier molecular flexibility index (Phi) is 4.03. The van der Waals surface area contributed by atoms with Crippen LogP contribution in [0.25, 0.3) is 0 Å². The first-order chi connectivity index (χ1) is 10.1. The lowest BCUT2D eigenvalue weighted by Gasteiger charge is -2.08. The van der Waals surface area contributed by atoms with Gasteiger partial charge in [0.25, 0.3) is 5.91 Å². The number of aromatic nitrogens is 2. The fourth-order valence-electron chi connectivity index (χ4n) is 1.77. The second-order valence-electron chi connectivity index (χ2n) is 4.81. The molecule has 0 unspecified atom stereocenters. The number of carbonyl (C=O) groups is 1. The highest BCUT2D eigenvalue weighted by molar-refractivity contribution is 6.42. The Bertz CT molecular complexity index is 668. The van der Waals surface area contributed by atoms with Crippen LogP contribution in [0.5, 0.6) is 5.75 Å². The Morgan fingerprint density at radius 3 is 2.95 bits per heavy atom. The molecule has 0 spiro atoms. The lowest BCUT2D eigenvalue weighted by Crippen LogP contribution is -2.26. The first-order valence-electron chi connectivity index (χ1n) is 6.54. The van der Waals surface area contributed by atoms with Gasteiger partial charge in [-0.15, -0.1) is 0 Å². The van der Waals surface area contributed by atoms with Crippen LogP contribution in [-0.2, 0) is 6.73 Å². The summed E-state index contributed by atoms with van der Waals surface area (Å²) >= 11 is 11.9. The van der Waals surface area contributed by atoms with Crippen LogP contribution >= 0.6 is 23.2 Å². The monoisotopic (exact) mass is 325 g/mol. The molecule has 1 aromatic carbocycles. The summed E-state index contributed by atoms with van der Waals surface area (Å²) in [6.45, 7) is 0.150. The van der Waals surface area contributed by atoms with Crippen LogP contribution in [0.1, 0.15) is 23.3 Å². The zero-order valence-electron chi connectivity index (χ0n) is 11.1. The molecule has 1 N–H and O–H groups in total. The number of hydrogen-bond acceptors (Lipinski definition) is 3. The van der Waals surface area contributed by atoms with Gasteiger partial charge in [0.15, 0.2) is 6.73 Å². The van der Waals surface area contributed by atoms with E-state index < -0.39 is 0 Å². The fraction of sp³-hybridized carbons (Fsp3) is 0.286. The van der Waals surface area contributed by atoms with Crippen LogP contribution in [0.3, 0.4) is 0 Å². The molecule has 7 heteroatoms. The van der Waals surface area contributed by atoms with E-state index in [-0.39, 0.29) is 12.6 Å². The average Bonchev–Trinajstić information content (AvgIpc) is 3.15. The van der Waals surface area contributed by atoms with Crippen LogP contribution < -0.4 is 10.1 Å². The molecule has 3 rings (SSSR count). The van der Waals surface area contributed by atoms with Gasteiger partial charge in [0.1, 0.15) is 16.5 Å². The molecule has 1 aliphatic carbocycles. The van der Waals surface area contributed by atoms with E-state index in [1.165, 1.54) is 4.68 Å². The van der Waals surface area contributed by atoms with E-state index in [9.17, 15) is 4.79 Å². The number of hydrogen-bond donors (Lipinski definition) is 1. The van der Waals surface area contributed by atoms with Crippen molar-refractivity contribution >= 4 is 29.1 Å². The highest BCUT2D eigenvalue weighted by Crippen LogP contribution is 2.31. The van der Waals surface area contributed by atoms with E-state index in [4.69, 9.17) is 27.9 Å². The predicted molar refractivity (Wildman–Crippen MR) is 79.8 cm³/mol. The topological polar surface area (TPSA) is 56.2 Å². The number of nitrogens with zero attached hydrogens (tertiary/aromatic N) is 2. The van der Waals surface area contributed by atoms with E-state index in [0.29, 0.717) is 27.5 Å². The van der Waals surface area contributed by atoms with Gasteiger partial charge in [0.2, 0.25) is 0 Å². The zero-order valence-corrected chi connectivity index (χ0v) is 12.6. The van der Waals surface area contributed by atoms with Gasteiger partial charge in [-0.2, -0.15) is 5.10 Å². The van der Waals surface area contributed by atoms with Gasteiger partial charge < -0.3 is 10.1 Å². The SMILES string of the molecule is O=C(NC1CC1)c1ccn(COc2cccc(Cl)c2Cl)n1. The molecule has 1 fully saturated rings. The van der Waals surface area contributed by atoms with Crippen molar-refractivity contribution < 1.29 is 9.53 Å². The highest BCUT2D eigenvalue weighted by atomic mass is 35.5. The highest BCUT2D eigenvalue weighted by Gasteiger charge is 2.24. The summed E-state index contributed by atoms with van der Waals surface area (Å²) in [6.07, 6.45) is 3.77. The Hall–Kier alpha value is -1.72. The largest absolute Gasteiger partial charge is 0.470 e. The maximum atomic E-state index is 11.8. The molecule has 0 aliphatic heterocycles. The lowest BCUT2D eigenvalue weighted by atomic mass is 10.3. The first-order valence-corrected chi connectivity index (χ1v) is 7.30. The molecule has 21 heavy (non-hydrogen) atoms. The third-order valence-corrected chi connectivity index (χ3v) is 3.86. The van der Waals surface area contributed by atoms with Gasteiger partial charge in [-0.1, -0.05) is 29.3 Å². The summed E-state index contributed by atoms with van der Waals surface area (Å²) in [4.78, 5) is 11.8. The summed E-state index contributed by atoms with van der Waals surface area (Å²) in [6, 6.07) is 7.12. The van der Waals surface area contributed by atoms with Gasteiger partial charge in [0, 0.05) is 12.2 Å². The molecule has 0 saturated heterocycles. The molecule has 1 aliphatic rings. The second-order valence-corrected chi connectivity index (χ2v) is 5.60. The van der Waals surface area contributed by atoms with Crippen molar-refractivity contribution in [2.24, 2.45) is 0 Å². The van der Waals surface area contributed by atoms with E-state index in [2.05, 4.69) is 10.4 Å². The van der Waals surface area contributed by atoms with E-state index in [1.807, 2.05) is 0 Å². The van der Waals surface area contributed by atoms with Crippen LogP contribution in [0.15, 0.2) is 30.5 Å². The normalized spacial score (nSPS) is 14.0. The number of halogens is 2. The quantitative estimate of drug-likeness (QED) is 0.918. The summed E-state index contributed by atoms with van der Waals surface area (Å²) in [7, 11) is 0. The summed E-state index contributed by atoms with van der Waals surface area (Å²) in [5, 5.41) is 7.83. The lowest BCUT2D eigenvalue weighted by molar-refractivity contribution is 0.0944. The molecule has 1 heterocycles. The second kappa shape index (κ2) is 5.95. The molecule has 1 saturated carbocycles. The predicted octanol–water partition coefficient (Wildman–Crippen LogP) is 3.12. The molecule has 0 radical (unpaired) electrons. The van der Waals surface area contributed by atoms with Crippen LogP contribution in [0, 0.1) is 0 Å². The number of ether oxygens (including phenoxy) is 1.